The van der Waals surface area contributed by atoms with Crippen LogP contribution >= 0.6 is 0 Å². The molecule has 0 atom stereocenters. The molecule has 0 fully saturated rings. The van der Waals surface area contributed by atoms with Crippen molar-refractivity contribution in [3.8, 4) is 0 Å². The van der Waals surface area contributed by atoms with E-state index in [1.165, 1.54) is 10.6 Å². The summed E-state index contributed by atoms with van der Waals surface area (Å²) >= 11 is 0. The Morgan fingerprint density at radius 3 is 2.39 bits per heavy atom. The van der Waals surface area contributed by atoms with E-state index in [9.17, 15) is 13.2 Å². The summed E-state index contributed by atoms with van der Waals surface area (Å²) in [4.78, 5) is 12.1. The average molecular weight is 340 g/mol. The molecule has 0 aliphatic heterocycles. The van der Waals surface area contributed by atoms with Crippen LogP contribution < -0.4 is 5.32 Å². The fraction of sp³-hybridized carbons (Fsp3) is 0.588. The fourth-order valence-corrected chi connectivity index (χ4v) is 3.10. The topological polar surface area (TPSA) is 66.5 Å². The lowest BCUT2D eigenvalue weighted by Crippen LogP contribution is -2.34. The second-order valence-electron chi connectivity index (χ2n) is 6.46. The molecular weight excluding hydrogens is 312 g/mol. The minimum Gasteiger partial charge on any atom is -0.326 e. The summed E-state index contributed by atoms with van der Waals surface area (Å²) < 4.78 is 25.0. The summed E-state index contributed by atoms with van der Waals surface area (Å²) in [6.07, 6.45) is 2.12. The van der Waals surface area contributed by atoms with Gasteiger partial charge in [-0.05, 0) is 37.8 Å². The number of amides is 1. The van der Waals surface area contributed by atoms with Crippen LogP contribution in [0.15, 0.2) is 18.2 Å². The number of aryl methyl sites for hydroxylation is 2. The van der Waals surface area contributed by atoms with Gasteiger partial charge >= 0.3 is 0 Å². The number of nitrogens with zero attached hydrogens (tertiary/aromatic N) is 1. The van der Waals surface area contributed by atoms with Gasteiger partial charge in [-0.3, -0.25) is 4.79 Å². The number of hydrogen-bond acceptors (Lipinski definition) is 3. The summed E-state index contributed by atoms with van der Waals surface area (Å²) in [5.41, 5.74) is 2.91. The third-order valence-electron chi connectivity index (χ3n) is 3.67. The highest BCUT2D eigenvalue weighted by Gasteiger charge is 2.18. The third-order valence-corrected chi connectivity index (χ3v) is 4.97. The number of hydrogen-bond donors (Lipinski definition) is 1. The van der Waals surface area contributed by atoms with E-state index in [0.29, 0.717) is 12.5 Å². The van der Waals surface area contributed by atoms with Crippen LogP contribution in [0.1, 0.15) is 37.8 Å². The van der Waals surface area contributed by atoms with Gasteiger partial charge in [0.25, 0.3) is 0 Å². The lowest BCUT2D eigenvalue weighted by molar-refractivity contribution is -0.116. The van der Waals surface area contributed by atoms with E-state index in [1.54, 1.807) is 0 Å². The van der Waals surface area contributed by atoms with Crippen LogP contribution in [0.5, 0.6) is 0 Å². The van der Waals surface area contributed by atoms with Crippen LogP contribution in [-0.4, -0.2) is 38.0 Å². The van der Waals surface area contributed by atoms with Crippen LogP contribution in [0.2, 0.25) is 0 Å². The number of carbonyl (C=O) groups excluding carboxylic acids is 1. The molecule has 1 aromatic carbocycles. The molecule has 130 valence electrons. The van der Waals surface area contributed by atoms with Gasteiger partial charge in [-0.25, -0.2) is 12.7 Å². The van der Waals surface area contributed by atoms with Gasteiger partial charge in [0.05, 0.1) is 6.26 Å². The van der Waals surface area contributed by atoms with Crippen LogP contribution in [0.3, 0.4) is 0 Å². The minimum atomic E-state index is -3.29. The van der Waals surface area contributed by atoms with E-state index in [-0.39, 0.29) is 18.9 Å². The van der Waals surface area contributed by atoms with Gasteiger partial charge in [-0.2, -0.15) is 0 Å². The number of nitrogens with one attached hydrogen (secondary N) is 1. The Hall–Kier alpha value is -1.40. The summed E-state index contributed by atoms with van der Waals surface area (Å²) in [6, 6.07) is 5.81. The Morgan fingerprint density at radius 2 is 1.87 bits per heavy atom. The van der Waals surface area contributed by atoms with Gasteiger partial charge in [0.2, 0.25) is 15.9 Å². The van der Waals surface area contributed by atoms with Gasteiger partial charge in [-0.15, -0.1) is 0 Å². The van der Waals surface area contributed by atoms with Crippen molar-refractivity contribution in [3.63, 3.8) is 0 Å². The molecule has 1 amide bonds. The smallest absolute Gasteiger partial charge is 0.225 e. The predicted molar refractivity (Wildman–Crippen MR) is 95.0 cm³/mol. The van der Waals surface area contributed by atoms with E-state index in [0.717, 1.165) is 23.2 Å². The Labute approximate surface area is 140 Å². The summed E-state index contributed by atoms with van der Waals surface area (Å²) in [6.45, 7) is 8.70. The molecule has 0 aromatic heterocycles. The molecule has 0 bridgehead atoms. The quantitative estimate of drug-likeness (QED) is 0.791. The maximum absolute atomic E-state index is 12.1. The number of carbonyl (C=O) groups is 1. The third kappa shape index (κ3) is 7.14. The minimum absolute atomic E-state index is 0.151. The maximum atomic E-state index is 12.1. The second kappa shape index (κ2) is 8.45. The zero-order chi connectivity index (χ0) is 17.6. The molecule has 0 saturated heterocycles. The highest BCUT2D eigenvalue weighted by molar-refractivity contribution is 7.88. The lowest BCUT2D eigenvalue weighted by Gasteiger charge is -2.20. The first-order valence-electron chi connectivity index (χ1n) is 7.92. The fourth-order valence-electron chi connectivity index (χ4n) is 2.24. The van der Waals surface area contributed by atoms with E-state index >= 15 is 0 Å². The van der Waals surface area contributed by atoms with Gasteiger partial charge in [0.1, 0.15) is 0 Å². The molecule has 0 radical (unpaired) electrons. The molecule has 0 saturated carbocycles. The number of benzene rings is 1. The van der Waals surface area contributed by atoms with Crippen LogP contribution in [0.25, 0.3) is 0 Å². The molecule has 0 spiro atoms. The van der Waals surface area contributed by atoms with Crippen LogP contribution in [0, 0.1) is 19.8 Å². The van der Waals surface area contributed by atoms with E-state index in [4.69, 9.17) is 0 Å². The molecule has 5 nitrogen and oxygen atoms in total. The standard InChI is InChI=1S/C17H28N2O3S/c1-13(2)8-10-19(23(5,21)22)11-9-17(20)18-16-7-6-14(3)12-15(16)4/h6-7,12-13H,8-11H2,1-5H3,(H,18,20). The normalized spacial score (nSPS) is 12.0. The van der Waals surface area contributed by atoms with E-state index in [2.05, 4.69) is 5.32 Å². The molecule has 1 aromatic rings. The Kier molecular flexibility index (Phi) is 7.22. The molecule has 0 aliphatic carbocycles. The van der Waals surface area contributed by atoms with Crippen molar-refractivity contribution in [2.75, 3.05) is 24.7 Å². The first kappa shape index (κ1) is 19.6. The van der Waals surface area contributed by atoms with Gasteiger partial charge in [0, 0.05) is 25.2 Å². The first-order chi connectivity index (χ1) is 10.6. The Bertz CT molecular complexity index is 639. The average Bonchev–Trinajstić information content (AvgIpc) is 2.40. The summed E-state index contributed by atoms with van der Waals surface area (Å²) in [5.74, 6) is 0.249. The van der Waals surface area contributed by atoms with Crippen LogP contribution in [0.4, 0.5) is 5.69 Å². The molecule has 1 N–H and O–H groups in total. The Balaban J connectivity index is 2.61. The van der Waals surface area contributed by atoms with Crippen molar-refractivity contribution >= 4 is 21.6 Å². The molecule has 6 heteroatoms. The predicted octanol–water partition coefficient (Wildman–Crippen LogP) is 2.94. The molecule has 0 aliphatic rings. The molecule has 0 heterocycles. The molecule has 0 unspecified atom stereocenters. The van der Waals surface area contributed by atoms with Crippen molar-refractivity contribution in [1.82, 2.24) is 4.31 Å². The van der Waals surface area contributed by atoms with Crippen molar-refractivity contribution in [2.24, 2.45) is 5.92 Å². The highest BCUT2D eigenvalue weighted by Crippen LogP contribution is 2.16. The maximum Gasteiger partial charge on any atom is 0.225 e. The molecular formula is C17H28N2O3S. The number of sulfonamides is 1. The second-order valence-corrected chi connectivity index (χ2v) is 8.44. The van der Waals surface area contributed by atoms with Gasteiger partial charge in [-0.1, -0.05) is 31.5 Å². The Morgan fingerprint density at radius 1 is 1.22 bits per heavy atom. The first-order valence-corrected chi connectivity index (χ1v) is 9.76. The lowest BCUT2D eigenvalue weighted by atomic mass is 10.1. The SMILES string of the molecule is Cc1ccc(NC(=O)CCN(CCC(C)C)S(C)(=O)=O)c(C)c1. The van der Waals surface area contributed by atoms with E-state index in [1.807, 2.05) is 45.9 Å². The number of anilines is 1. The summed E-state index contributed by atoms with van der Waals surface area (Å²) in [7, 11) is -3.29. The zero-order valence-electron chi connectivity index (χ0n) is 14.7. The monoisotopic (exact) mass is 340 g/mol. The molecule has 23 heavy (non-hydrogen) atoms. The largest absolute Gasteiger partial charge is 0.326 e. The summed E-state index contributed by atoms with van der Waals surface area (Å²) in [5, 5.41) is 2.85. The van der Waals surface area contributed by atoms with Crippen LogP contribution in [-0.2, 0) is 14.8 Å². The number of rotatable bonds is 8. The highest BCUT2D eigenvalue weighted by atomic mass is 32.2. The van der Waals surface area contributed by atoms with Gasteiger partial charge in [0.15, 0.2) is 0 Å². The van der Waals surface area contributed by atoms with E-state index < -0.39 is 10.0 Å². The van der Waals surface area contributed by atoms with Crippen molar-refractivity contribution in [1.29, 1.82) is 0 Å². The zero-order valence-corrected chi connectivity index (χ0v) is 15.5. The van der Waals surface area contributed by atoms with Crippen molar-refractivity contribution in [3.05, 3.63) is 29.3 Å². The molecule has 1 rings (SSSR count). The van der Waals surface area contributed by atoms with Crippen molar-refractivity contribution in [2.45, 2.75) is 40.5 Å². The van der Waals surface area contributed by atoms with Gasteiger partial charge < -0.3 is 5.32 Å². The van der Waals surface area contributed by atoms with Crippen molar-refractivity contribution < 1.29 is 13.2 Å².